The molecule has 0 radical (unpaired) electrons. The Labute approximate surface area is 200 Å². The molecule has 1 saturated heterocycles. The summed E-state index contributed by atoms with van der Waals surface area (Å²) in [5, 5.41) is 4.43. The van der Waals surface area contributed by atoms with Crippen LogP contribution >= 0.6 is 34.7 Å². The fraction of sp³-hybridized carbons (Fsp3) is 0.381. The van der Waals surface area contributed by atoms with Crippen LogP contribution in [0.3, 0.4) is 0 Å². The first-order valence-electron chi connectivity index (χ1n) is 10.3. The van der Waals surface area contributed by atoms with Crippen LogP contribution in [0.25, 0.3) is 0 Å². The van der Waals surface area contributed by atoms with Crippen LogP contribution in [0.5, 0.6) is 0 Å². The lowest BCUT2D eigenvalue weighted by atomic mass is 9.94. The molecule has 1 aromatic carbocycles. The molecule has 1 unspecified atom stereocenters. The van der Waals surface area contributed by atoms with Crippen LogP contribution in [-0.2, 0) is 19.6 Å². The molecule has 1 N–H and O–H groups in total. The van der Waals surface area contributed by atoms with E-state index in [4.69, 9.17) is 11.6 Å². The van der Waals surface area contributed by atoms with Crippen LogP contribution in [0.4, 0.5) is 5.69 Å². The van der Waals surface area contributed by atoms with Crippen molar-refractivity contribution in [2.24, 2.45) is 4.40 Å². The maximum absolute atomic E-state index is 13.3. The van der Waals surface area contributed by atoms with Crippen LogP contribution in [-0.4, -0.2) is 41.6 Å². The summed E-state index contributed by atoms with van der Waals surface area (Å²) in [6.07, 6.45) is 4.58. The Morgan fingerprint density at radius 2 is 1.88 bits per heavy atom. The van der Waals surface area contributed by atoms with Gasteiger partial charge in [0.15, 0.2) is 5.17 Å². The number of benzene rings is 1. The van der Waals surface area contributed by atoms with Gasteiger partial charge in [-0.25, -0.2) is 0 Å². The quantitative estimate of drug-likeness (QED) is 0.603. The van der Waals surface area contributed by atoms with Crippen molar-refractivity contribution >= 4 is 67.4 Å². The van der Waals surface area contributed by atoms with E-state index in [1.54, 1.807) is 35.7 Å². The summed E-state index contributed by atoms with van der Waals surface area (Å²) in [5.74, 6) is -0.586. The molecule has 1 atom stereocenters. The molecule has 1 aliphatic carbocycles. The van der Waals surface area contributed by atoms with Crippen LogP contribution in [0.1, 0.15) is 38.5 Å². The highest BCUT2D eigenvalue weighted by molar-refractivity contribution is 8.16. The number of thiophene rings is 1. The van der Waals surface area contributed by atoms with Gasteiger partial charge in [-0.05, 0) is 48.6 Å². The third-order valence-electron chi connectivity index (χ3n) is 5.35. The van der Waals surface area contributed by atoms with Gasteiger partial charge in [-0.15, -0.1) is 15.7 Å². The van der Waals surface area contributed by atoms with Gasteiger partial charge in [0.05, 0.1) is 0 Å². The number of carbonyl (C=O) groups excluding carboxylic acids is 2. The van der Waals surface area contributed by atoms with Crippen LogP contribution in [0.2, 0.25) is 5.02 Å². The molecule has 2 aromatic rings. The van der Waals surface area contributed by atoms with Gasteiger partial charge in [0, 0.05) is 23.2 Å². The van der Waals surface area contributed by atoms with Crippen molar-refractivity contribution in [3.63, 3.8) is 0 Å². The van der Waals surface area contributed by atoms with E-state index in [9.17, 15) is 18.0 Å². The Kier molecular flexibility index (Phi) is 7.24. The maximum atomic E-state index is 13.3. The van der Waals surface area contributed by atoms with Gasteiger partial charge in [0.2, 0.25) is 11.8 Å². The average Bonchev–Trinajstić information content (AvgIpc) is 3.40. The lowest BCUT2D eigenvalue weighted by molar-refractivity contribution is -0.130. The van der Waals surface area contributed by atoms with Crippen molar-refractivity contribution in [2.75, 3.05) is 5.32 Å². The molecular weight excluding hydrogens is 490 g/mol. The molecule has 2 heterocycles. The van der Waals surface area contributed by atoms with E-state index >= 15 is 0 Å². The molecule has 4 rings (SSSR count). The number of anilines is 1. The SMILES string of the molecule is O=C(CC1SC(=NS(=O)(=O)c2cccs2)N(C2CCCCC2)C1=O)Nc1ccc(Cl)cc1. The number of thioether (sulfide) groups is 1. The lowest BCUT2D eigenvalue weighted by Gasteiger charge is -2.30. The molecule has 0 bridgehead atoms. The lowest BCUT2D eigenvalue weighted by Crippen LogP contribution is -2.42. The number of sulfonamides is 1. The molecule has 170 valence electrons. The molecule has 0 spiro atoms. The van der Waals surface area contributed by atoms with Gasteiger partial charge < -0.3 is 5.32 Å². The summed E-state index contributed by atoms with van der Waals surface area (Å²) < 4.78 is 29.7. The van der Waals surface area contributed by atoms with Gasteiger partial charge in [-0.2, -0.15) is 8.42 Å². The number of halogens is 1. The van der Waals surface area contributed by atoms with E-state index in [2.05, 4.69) is 9.71 Å². The Bertz CT molecular complexity index is 1110. The van der Waals surface area contributed by atoms with Crippen molar-refractivity contribution in [3.8, 4) is 0 Å². The second-order valence-corrected chi connectivity index (χ2v) is 12.0. The molecule has 1 saturated carbocycles. The molecule has 2 fully saturated rings. The first-order valence-corrected chi connectivity index (χ1v) is 13.8. The second kappa shape index (κ2) is 9.94. The fourth-order valence-corrected chi connectivity index (χ4v) is 7.32. The number of carbonyl (C=O) groups is 2. The molecular formula is C21H22ClN3O4S3. The van der Waals surface area contributed by atoms with Crippen LogP contribution in [0, 0.1) is 0 Å². The van der Waals surface area contributed by atoms with Crippen molar-refractivity contribution in [1.29, 1.82) is 0 Å². The number of rotatable bonds is 6. The van der Waals surface area contributed by atoms with Gasteiger partial charge in [0.1, 0.15) is 9.46 Å². The topological polar surface area (TPSA) is 95.9 Å². The molecule has 11 heteroatoms. The predicted octanol–water partition coefficient (Wildman–Crippen LogP) is 4.75. The zero-order valence-corrected chi connectivity index (χ0v) is 20.3. The number of hydrogen-bond acceptors (Lipinski definition) is 6. The Hall–Kier alpha value is -1.88. The molecule has 7 nitrogen and oxygen atoms in total. The fourth-order valence-electron chi connectivity index (χ4n) is 3.83. The van der Waals surface area contributed by atoms with E-state index in [1.165, 1.54) is 11.0 Å². The largest absolute Gasteiger partial charge is 0.326 e. The Morgan fingerprint density at radius 1 is 1.16 bits per heavy atom. The minimum absolute atomic E-state index is 0.0760. The molecule has 1 aromatic heterocycles. The highest BCUT2D eigenvalue weighted by Gasteiger charge is 2.43. The third-order valence-corrected chi connectivity index (χ3v) is 9.51. The zero-order valence-electron chi connectivity index (χ0n) is 17.1. The molecule has 1 aliphatic heterocycles. The van der Waals surface area contributed by atoms with Gasteiger partial charge in [-0.1, -0.05) is 48.7 Å². The van der Waals surface area contributed by atoms with Gasteiger partial charge in [0.25, 0.3) is 10.0 Å². The summed E-state index contributed by atoms with van der Waals surface area (Å²) in [5.41, 5.74) is 0.577. The van der Waals surface area contributed by atoms with E-state index in [-0.39, 0.29) is 33.7 Å². The summed E-state index contributed by atoms with van der Waals surface area (Å²) in [6.45, 7) is 0. The van der Waals surface area contributed by atoms with Crippen molar-refractivity contribution in [1.82, 2.24) is 4.90 Å². The highest BCUT2D eigenvalue weighted by Crippen LogP contribution is 2.36. The first kappa shape index (κ1) is 23.3. The van der Waals surface area contributed by atoms with Crippen LogP contribution < -0.4 is 5.32 Å². The molecule has 2 amide bonds. The van der Waals surface area contributed by atoms with E-state index in [1.807, 2.05) is 0 Å². The third kappa shape index (κ3) is 5.36. The maximum Gasteiger partial charge on any atom is 0.294 e. The van der Waals surface area contributed by atoms with Gasteiger partial charge >= 0.3 is 0 Å². The standard InChI is InChI=1S/C21H22ClN3O4S3/c22-14-8-10-15(11-9-14)23-18(26)13-17-20(27)25(16-5-2-1-3-6-16)21(31-17)24-32(28,29)19-7-4-12-30-19/h4,7-12,16-17H,1-3,5-6,13H2,(H,23,26). The average molecular weight is 512 g/mol. The Morgan fingerprint density at radius 3 is 2.53 bits per heavy atom. The van der Waals surface area contributed by atoms with Crippen molar-refractivity contribution in [2.45, 2.75) is 54.0 Å². The van der Waals surface area contributed by atoms with Crippen molar-refractivity contribution in [3.05, 3.63) is 46.8 Å². The van der Waals surface area contributed by atoms with E-state index in [0.717, 1.165) is 55.2 Å². The minimum Gasteiger partial charge on any atom is -0.326 e. The number of amides is 2. The summed E-state index contributed by atoms with van der Waals surface area (Å²) in [7, 11) is -3.92. The monoisotopic (exact) mass is 511 g/mol. The summed E-state index contributed by atoms with van der Waals surface area (Å²) in [4.78, 5) is 27.4. The number of amidine groups is 1. The van der Waals surface area contributed by atoms with E-state index < -0.39 is 15.3 Å². The number of hydrogen-bond donors (Lipinski definition) is 1. The molecule has 2 aliphatic rings. The Balaban J connectivity index is 1.55. The summed E-state index contributed by atoms with van der Waals surface area (Å²) >= 11 is 8.01. The van der Waals surface area contributed by atoms with E-state index in [0.29, 0.717) is 10.7 Å². The normalized spacial score (nSPS) is 21.3. The van der Waals surface area contributed by atoms with Crippen LogP contribution in [0.15, 0.2) is 50.4 Å². The smallest absolute Gasteiger partial charge is 0.294 e. The molecule has 32 heavy (non-hydrogen) atoms. The number of nitrogens with zero attached hydrogens (tertiary/aromatic N) is 2. The predicted molar refractivity (Wildman–Crippen MR) is 129 cm³/mol. The highest BCUT2D eigenvalue weighted by atomic mass is 35.5. The van der Waals surface area contributed by atoms with Gasteiger partial charge in [-0.3, -0.25) is 14.5 Å². The first-order chi connectivity index (χ1) is 15.3. The second-order valence-electron chi connectivity index (χ2n) is 7.65. The van der Waals surface area contributed by atoms with Crippen molar-refractivity contribution < 1.29 is 18.0 Å². The minimum atomic E-state index is -3.92. The summed E-state index contributed by atoms with van der Waals surface area (Å²) in [6, 6.07) is 9.73. The zero-order chi connectivity index (χ0) is 22.7. The number of nitrogens with one attached hydrogen (secondary N) is 1.